The molecule has 0 aromatic rings. The van der Waals surface area contributed by atoms with Gasteiger partial charge in [0, 0.05) is 17.3 Å². The summed E-state index contributed by atoms with van der Waals surface area (Å²) >= 11 is 0. The lowest BCUT2D eigenvalue weighted by atomic mass is 9.60. The van der Waals surface area contributed by atoms with Crippen LogP contribution in [0.4, 0.5) is 0 Å². The Morgan fingerprint density at radius 2 is 1.75 bits per heavy atom. The van der Waals surface area contributed by atoms with Crippen LogP contribution < -0.4 is 0 Å². The van der Waals surface area contributed by atoms with Crippen molar-refractivity contribution in [2.75, 3.05) is 6.61 Å². The molecular formula is C17H22O3. The topological polar surface area (TPSA) is 27.7 Å². The Morgan fingerprint density at radius 3 is 2.60 bits per heavy atom. The molecule has 2 spiro atoms. The van der Waals surface area contributed by atoms with Gasteiger partial charge in [-0.05, 0) is 25.7 Å². The zero-order valence-corrected chi connectivity index (χ0v) is 11.8. The summed E-state index contributed by atoms with van der Waals surface area (Å²) in [7, 11) is 0. The van der Waals surface area contributed by atoms with Gasteiger partial charge in [-0.2, -0.15) is 0 Å². The average molecular weight is 274 g/mol. The third-order valence-corrected chi connectivity index (χ3v) is 7.17. The van der Waals surface area contributed by atoms with Crippen molar-refractivity contribution < 1.29 is 14.2 Å². The highest BCUT2D eigenvalue weighted by atomic mass is 16.6. The van der Waals surface area contributed by atoms with Gasteiger partial charge < -0.3 is 14.2 Å². The maximum absolute atomic E-state index is 6.46. The van der Waals surface area contributed by atoms with Gasteiger partial charge in [0.15, 0.2) is 0 Å². The Balaban J connectivity index is 1.36. The Bertz CT molecular complexity index is 494. The Labute approximate surface area is 119 Å². The van der Waals surface area contributed by atoms with Crippen LogP contribution in [0.5, 0.6) is 0 Å². The van der Waals surface area contributed by atoms with Crippen molar-refractivity contribution in [2.45, 2.75) is 68.5 Å². The molecule has 0 amide bonds. The first-order valence-electron chi connectivity index (χ1n) is 8.42. The van der Waals surface area contributed by atoms with Crippen molar-refractivity contribution in [3.63, 3.8) is 0 Å². The molecule has 5 aliphatic heterocycles. The second kappa shape index (κ2) is 3.34. The van der Waals surface area contributed by atoms with Crippen molar-refractivity contribution in [3.05, 3.63) is 12.2 Å². The standard InChI is InChI=1S/C17H22O3/c1-2-6-17(5-1)8-16(9-18-17)7-12-13-10-3-4-11(19-10)14(13)15(16)20-12/h3-4,10-15H,1-2,5-9H2. The normalized spacial score (nSPS) is 60.4. The zero-order valence-electron chi connectivity index (χ0n) is 11.8. The van der Waals surface area contributed by atoms with Gasteiger partial charge in [-0.1, -0.05) is 25.0 Å². The largest absolute Gasteiger partial charge is 0.374 e. The second-order valence-corrected chi connectivity index (χ2v) is 8.12. The number of ether oxygens (including phenoxy) is 3. The van der Waals surface area contributed by atoms with Crippen LogP contribution >= 0.6 is 0 Å². The third kappa shape index (κ3) is 1.13. The molecule has 7 atom stereocenters. The summed E-state index contributed by atoms with van der Waals surface area (Å²) < 4.78 is 19.0. The summed E-state index contributed by atoms with van der Waals surface area (Å²) in [6.45, 7) is 0.943. The van der Waals surface area contributed by atoms with Crippen LogP contribution in [0.15, 0.2) is 12.2 Å². The summed E-state index contributed by atoms with van der Waals surface area (Å²) in [4.78, 5) is 0. The molecular weight excluding hydrogens is 252 g/mol. The van der Waals surface area contributed by atoms with Gasteiger partial charge in [0.05, 0.1) is 36.6 Å². The van der Waals surface area contributed by atoms with E-state index < -0.39 is 0 Å². The fourth-order valence-corrected chi connectivity index (χ4v) is 6.52. The zero-order chi connectivity index (χ0) is 12.9. The van der Waals surface area contributed by atoms with Crippen molar-refractivity contribution in [1.29, 1.82) is 0 Å². The Morgan fingerprint density at radius 1 is 0.950 bits per heavy atom. The molecule has 0 aromatic carbocycles. The molecule has 3 nitrogen and oxygen atoms in total. The highest BCUT2D eigenvalue weighted by Crippen LogP contribution is 2.65. The van der Waals surface area contributed by atoms with Crippen molar-refractivity contribution in [1.82, 2.24) is 0 Å². The maximum atomic E-state index is 6.46. The van der Waals surface area contributed by atoms with E-state index in [1.165, 1.54) is 38.5 Å². The Kier molecular flexibility index (Phi) is 1.87. The minimum atomic E-state index is 0.220. The van der Waals surface area contributed by atoms with Crippen LogP contribution in [0, 0.1) is 17.3 Å². The number of hydrogen-bond acceptors (Lipinski definition) is 3. The van der Waals surface area contributed by atoms with E-state index in [4.69, 9.17) is 14.2 Å². The van der Waals surface area contributed by atoms with Gasteiger partial charge in [-0.25, -0.2) is 0 Å². The van der Waals surface area contributed by atoms with Crippen molar-refractivity contribution in [3.8, 4) is 0 Å². The molecule has 7 unspecified atom stereocenters. The molecule has 20 heavy (non-hydrogen) atoms. The molecule has 6 rings (SSSR count). The van der Waals surface area contributed by atoms with Crippen LogP contribution in [0.2, 0.25) is 0 Å². The van der Waals surface area contributed by atoms with Crippen LogP contribution in [0.3, 0.4) is 0 Å². The van der Waals surface area contributed by atoms with E-state index in [0.717, 1.165) is 6.61 Å². The Hall–Kier alpha value is -0.380. The van der Waals surface area contributed by atoms with Crippen LogP contribution in [-0.2, 0) is 14.2 Å². The van der Waals surface area contributed by atoms with Gasteiger partial charge in [0.2, 0.25) is 0 Å². The molecule has 0 radical (unpaired) electrons. The predicted molar refractivity (Wildman–Crippen MR) is 72.3 cm³/mol. The van der Waals surface area contributed by atoms with Gasteiger partial charge in [-0.15, -0.1) is 0 Å². The first-order valence-corrected chi connectivity index (χ1v) is 8.42. The minimum absolute atomic E-state index is 0.220. The molecule has 6 aliphatic rings. The molecule has 108 valence electrons. The van der Waals surface area contributed by atoms with E-state index in [-0.39, 0.29) is 5.60 Å². The quantitative estimate of drug-likeness (QED) is 0.635. The third-order valence-electron chi connectivity index (χ3n) is 7.17. The number of hydrogen-bond donors (Lipinski definition) is 0. The average Bonchev–Trinajstić information content (AvgIpc) is 3.24. The maximum Gasteiger partial charge on any atom is 0.0822 e. The van der Waals surface area contributed by atoms with Gasteiger partial charge in [0.25, 0.3) is 0 Å². The highest BCUT2D eigenvalue weighted by Gasteiger charge is 2.71. The molecule has 5 heterocycles. The van der Waals surface area contributed by atoms with Crippen LogP contribution in [-0.4, -0.2) is 36.6 Å². The van der Waals surface area contributed by atoms with E-state index >= 15 is 0 Å². The molecule has 5 fully saturated rings. The minimum Gasteiger partial charge on any atom is -0.374 e. The predicted octanol–water partition coefficient (Wildman–Crippen LogP) is 2.45. The number of rotatable bonds is 0. The monoisotopic (exact) mass is 274 g/mol. The van der Waals surface area contributed by atoms with Gasteiger partial charge in [0.1, 0.15) is 0 Å². The van der Waals surface area contributed by atoms with Crippen molar-refractivity contribution in [2.24, 2.45) is 17.3 Å². The number of fused-ring (bicyclic) bond motifs is 10. The molecule has 3 heteroatoms. The van der Waals surface area contributed by atoms with E-state index in [1.807, 2.05) is 0 Å². The fourth-order valence-electron chi connectivity index (χ4n) is 6.52. The molecule has 0 N–H and O–H groups in total. The van der Waals surface area contributed by atoms with Crippen LogP contribution in [0.1, 0.15) is 38.5 Å². The highest BCUT2D eigenvalue weighted by molar-refractivity contribution is 5.25. The summed E-state index contributed by atoms with van der Waals surface area (Å²) in [5.41, 5.74) is 0.537. The summed E-state index contributed by atoms with van der Waals surface area (Å²) in [5, 5.41) is 0. The van der Waals surface area contributed by atoms with E-state index in [2.05, 4.69) is 12.2 Å². The van der Waals surface area contributed by atoms with E-state index in [9.17, 15) is 0 Å². The van der Waals surface area contributed by atoms with Gasteiger partial charge in [-0.3, -0.25) is 0 Å². The first kappa shape index (κ1) is 11.2. The van der Waals surface area contributed by atoms with Crippen LogP contribution in [0.25, 0.3) is 0 Å². The summed E-state index contributed by atoms with van der Waals surface area (Å²) in [5.74, 6) is 1.25. The smallest absolute Gasteiger partial charge is 0.0822 e. The van der Waals surface area contributed by atoms with Crippen molar-refractivity contribution >= 4 is 0 Å². The summed E-state index contributed by atoms with van der Waals surface area (Å²) in [6.07, 6.45) is 13.8. The van der Waals surface area contributed by atoms with E-state index in [1.54, 1.807) is 0 Å². The molecule has 1 aliphatic carbocycles. The molecule has 4 saturated heterocycles. The fraction of sp³-hybridized carbons (Fsp3) is 0.882. The molecule has 1 saturated carbocycles. The van der Waals surface area contributed by atoms with Gasteiger partial charge >= 0.3 is 0 Å². The lowest BCUT2D eigenvalue weighted by Crippen LogP contribution is -2.46. The molecule has 4 bridgehead atoms. The lowest BCUT2D eigenvalue weighted by Gasteiger charge is -2.38. The second-order valence-electron chi connectivity index (χ2n) is 8.12. The SMILES string of the molecule is C1=CC2OC1C1C3CC4(COC5(CCCC5)C4)C(O3)C21. The first-order chi connectivity index (χ1) is 9.79. The summed E-state index contributed by atoms with van der Waals surface area (Å²) in [6, 6.07) is 0. The lowest BCUT2D eigenvalue weighted by molar-refractivity contribution is -0.0160. The van der Waals surface area contributed by atoms with E-state index in [0.29, 0.717) is 41.7 Å². The molecule has 0 aromatic heterocycles.